The third kappa shape index (κ3) is 8.86. The number of ether oxygens (including phenoxy) is 8. The van der Waals surface area contributed by atoms with Crippen molar-refractivity contribution < 1.29 is 47.5 Å². The average Bonchev–Trinajstić information content (AvgIpc) is 3.15. The molecule has 0 aliphatic carbocycles. The molecule has 0 radical (unpaired) electrons. The van der Waals surface area contributed by atoms with Crippen LogP contribution in [0.15, 0.2) is 95.1 Å². The van der Waals surface area contributed by atoms with Gasteiger partial charge in [0.05, 0.1) is 54.1 Å². The van der Waals surface area contributed by atoms with Crippen molar-refractivity contribution in [3.63, 3.8) is 0 Å². The minimum atomic E-state index is -0.906. The van der Waals surface area contributed by atoms with Gasteiger partial charge in [-0.3, -0.25) is 9.59 Å². The first-order valence-electron chi connectivity index (χ1n) is 15.3. The molecular formula is C36H36N4O10. The van der Waals surface area contributed by atoms with Crippen LogP contribution < -0.4 is 39.3 Å². The highest BCUT2D eigenvalue weighted by atomic mass is 16.8. The minimum absolute atomic E-state index is 0.294. The number of hydrogen-bond acceptors (Lipinski definition) is 12. The molecule has 14 heteroatoms. The number of amides is 2. The van der Waals surface area contributed by atoms with Crippen molar-refractivity contribution in [3.05, 3.63) is 107 Å². The summed E-state index contributed by atoms with van der Waals surface area (Å²) in [5, 5.41) is 8.08. The summed E-state index contributed by atoms with van der Waals surface area (Å²) in [6.07, 6.45) is 1.13. The van der Waals surface area contributed by atoms with Gasteiger partial charge in [-0.15, -0.1) is 0 Å². The molecule has 4 aromatic carbocycles. The molecule has 5 rings (SSSR count). The van der Waals surface area contributed by atoms with Gasteiger partial charge in [-0.05, 0) is 72.8 Å². The van der Waals surface area contributed by atoms with Crippen LogP contribution >= 0.6 is 0 Å². The van der Waals surface area contributed by atoms with Gasteiger partial charge in [-0.25, -0.2) is 10.9 Å². The van der Waals surface area contributed by atoms with Crippen LogP contribution in [0.25, 0.3) is 0 Å². The summed E-state index contributed by atoms with van der Waals surface area (Å²) in [6.45, 7) is 0.588. The molecule has 0 spiro atoms. The lowest BCUT2D eigenvalue weighted by atomic mass is 10.2. The predicted octanol–water partition coefficient (Wildman–Crippen LogP) is 4.41. The molecule has 4 aromatic rings. The van der Waals surface area contributed by atoms with E-state index in [1.165, 1.54) is 26.6 Å². The molecule has 2 atom stereocenters. The van der Waals surface area contributed by atoms with Crippen molar-refractivity contribution in [2.24, 2.45) is 10.2 Å². The number of rotatable bonds is 14. The van der Waals surface area contributed by atoms with E-state index in [9.17, 15) is 9.59 Å². The first-order chi connectivity index (χ1) is 24.4. The van der Waals surface area contributed by atoms with Crippen LogP contribution in [0.5, 0.6) is 34.5 Å². The van der Waals surface area contributed by atoms with E-state index in [-0.39, 0.29) is 0 Å². The van der Waals surface area contributed by atoms with Crippen LogP contribution in [-0.4, -0.2) is 78.5 Å². The third-order valence-corrected chi connectivity index (χ3v) is 7.21. The normalized spacial score (nSPS) is 15.7. The molecule has 50 heavy (non-hydrogen) atoms. The maximum Gasteiger partial charge on any atom is 0.271 e. The number of carbonyl (C=O) groups is 2. The zero-order valence-corrected chi connectivity index (χ0v) is 27.8. The van der Waals surface area contributed by atoms with E-state index >= 15 is 0 Å². The Bertz CT molecular complexity index is 1680. The molecule has 0 aromatic heterocycles. The Balaban J connectivity index is 1.14. The fourth-order valence-electron chi connectivity index (χ4n) is 4.78. The number of benzene rings is 4. The van der Waals surface area contributed by atoms with E-state index in [2.05, 4.69) is 21.1 Å². The van der Waals surface area contributed by atoms with E-state index in [0.29, 0.717) is 70.0 Å². The molecular weight excluding hydrogens is 648 g/mol. The van der Waals surface area contributed by atoms with Crippen molar-refractivity contribution in [1.82, 2.24) is 10.9 Å². The van der Waals surface area contributed by atoms with Gasteiger partial charge in [-0.2, -0.15) is 10.2 Å². The number of nitrogens with zero attached hydrogens (tertiary/aromatic N) is 2. The van der Waals surface area contributed by atoms with E-state index in [1.807, 2.05) is 0 Å². The zero-order chi connectivity index (χ0) is 35.3. The molecule has 1 aliphatic heterocycles. The molecule has 260 valence electrons. The number of nitrogens with one attached hydrogen (secondary N) is 2. The standard InChI is InChI=1S/C36H36N4O10/c1-43-29-9-5-7-25(31(29)45-3)21-37-39-33(41)23-11-15-27(16-12-23)49-35-36(48-20-19-47-35)50-28-17-13-24(14-18-28)34(42)40-38-22-26-8-6-10-30(44-2)32(26)46-4/h5-18,21-22,35-36H,19-20H2,1-4H3,(H,39,41)(H,40,42). The highest BCUT2D eigenvalue weighted by Gasteiger charge is 2.31. The first kappa shape index (κ1) is 35.2. The van der Waals surface area contributed by atoms with Crippen molar-refractivity contribution in [1.29, 1.82) is 0 Å². The first-order valence-corrected chi connectivity index (χ1v) is 15.3. The second-order valence-corrected chi connectivity index (χ2v) is 10.3. The van der Waals surface area contributed by atoms with E-state index in [1.54, 1.807) is 99.1 Å². The number of hydrogen-bond donors (Lipinski definition) is 2. The fraction of sp³-hybridized carbons (Fsp3) is 0.222. The lowest BCUT2D eigenvalue weighted by molar-refractivity contribution is -0.271. The summed E-state index contributed by atoms with van der Waals surface area (Å²) < 4.78 is 44.8. The third-order valence-electron chi connectivity index (χ3n) is 7.21. The molecule has 1 saturated heterocycles. The van der Waals surface area contributed by atoms with Gasteiger partial charge in [0.2, 0.25) is 0 Å². The van der Waals surface area contributed by atoms with Crippen LogP contribution in [0, 0.1) is 0 Å². The summed E-state index contributed by atoms with van der Waals surface area (Å²) in [5.74, 6) is 2.10. The molecule has 1 fully saturated rings. The predicted molar refractivity (Wildman–Crippen MR) is 183 cm³/mol. The SMILES string of the molecule is COc1cccc(C=NNC(=O)c2ccc(OC3OCCOC3Oc3ccc(C(=O)NN=Cc4cccc(OC)c4OC)cc3)cc2)c1OC. The topological polar surface area (TPSA) is 157 Å². The van der Waals surface area contributed by atoms with E-state index < -0.39 is 24.4 Å². The number of para-hydroxylation sites is 2. The van der Waals surface area contributed by atoms with Crippen molar-refractivity contribution >= 4 is 24.2 Å². The largest absolute Gasteiger partial charge is 0.493 e. The van der Waals surface area contributed by atoms with Gasteiger partial charge >= 0.3 is 0 Å². The Labute approximate surface area is 288 Å². The molecule has 0 saturated carbocycles. The lowest BCUT2D eigenvalue weighted by Crippen LogP contribution is -2.45. The Hall–Kier alpha value is -6.12. The van der Waals surface area contributed by atoms with Crippen LogP contribution in [0.2, 0.25) is 0 Å². The van der Waals surface area contributed by atoms with Crippen LogP contribution in [0.4, 0.5) is 0 Å². The van der Waals surface area contributed by atoms with Crippen molar-refractivity contribution in [2.45, 2.75) is 12.6 Å². The molecule has 0 bridgehead atoms. The van der Waals surface area contributed by atoms with Gasteiger partial charge in [-0.1, -0.05) is 12.1 Å². The number of hydrazone groups is 2. The van der Waals surface area contributed by atoms with Crippen molar-refractivity contribution in [2.75, 3.05) is 41.7 Å². The highest BCUT2D eigenvalue weighted by molar-refractivity contribution is 5.96. The smallest absolute Gasteiger partial charge is 0.271 e. The molecule has 1 aliphatic rings. The molecule has 2 N–H and O–H groups in total. The second-order valence-electron chi connectivity index (χ2n) is 10.3. The Morgan fingerprint density at radius 3 is 1.36 bits per heavy atom. The van der Waals surface area contributed by atoms with Crippen molar-refractivity contribution in [3.8, 4) is 34.5 Å². The number of methoxy groups -OCH3 is 4. The summed E-state index contributed by atoms with van der Waals surface area (Å²) >= 11 is 0. The minimum Gasteiger partial charge on any atom is -0.493 e. The van der Waals surface area contributed by atoms with Gasteiger partial charge < -0.3 is 37.9 Å². The Morgan fingerprint density at radius 1 is 0.600 bits per heavy atom. The van der Waals surface area contributed by atoms with E-state index in [4.69, 9.17) is 37.9 Å². The molecule has 1 heterocycles. The summed E-state index contributed by atoms with van der Waals surface area (Å²) in [6, 6.07) is 23.5. The molecule has 2 amide bonds. The maximum atomic E-state index is 12.7. The summed E-state index contributed by atoms with van der Waals surface area (Å²) in [4.78, 5) is 25.3. The van der Waals surface area contributed by atoms with Gasteiger partial charge in [0, 0.05) is 22.3 Å². The summed E-state index contributed by atoms with van der Waals surface area (Å²) in [5.41, 5.74) is 6.98. The second kappa shape index (κ2) is 17.3. The average molecular weight is 685 g/mol. The monoisotopic (exact) mass is 684 g/mol. The van der Waals surface area contributed by atoms with Crippen LogP contribution in [0.3, 0.4) is 0 Å². The van der Waals surface area contributed by atoms with Gasteiger partial charge in [0.25, 0.3) is 24.4 Å². The molecule has 2 unspecified atom stereocenters. The van der Waals surface area contributed by atoms with Crippen LogP contribution in [-0.2, 0) is 9.47 Å². The fourth-order valence-corrected chi connectivity index (χ4v) is 4.78. The van der Waals surface area contributed by atoms with Crippen LogP contribution in [0.1, 0.15) is 31.8 Å². The van der Waals surface area contributed by atoms with E-state index in [0.717, 1.165) is 0 Å². The lowest BCUT2D eigenvalue weighted by Gasteiger charge is -2.31. The maximum absolute atomic E-state index is 12.7. The Morgan fingerprint density at radius 2 is 1.00 bits per heavy atom. The van der Waals surface area contributed by atoms with Gasteiger partial charge in [0.15, 0.2) is 23.0 Å². The number of carbonyl (C=O) groups excluding carboxylic acids is 2. The van der Waals surface area contributed by atoms with Gasteiger partial charge in [0.1, 0.15) is 11.5 Å². The summed E-state index contributed by atoms with van der Waals surface area (Å²) in [7, 11) is 6.13. The highest BCUT2D eigenvalue weighted by Crippen LogP contribution is 2.30. The Kier molecular flexibility index (Phi) is 12.2. The zero-order valence-electron chi connectivity index (χ0n) is 27.8. The molecule has 14 nitrogen and oxygen atoms in total. The quantitative estimate of drug-likeness (QED) is 0.144.